The number of carboxylic acid groups (broad SMARTS) is 1. The van der Waals surface area contributed by atoms with Crippen molar-refractivity contribution in [2.45, 2.75) is 77.2 Å². The fraction of sp³-hybridized carbons (Fsp3) is 0.630. The van der Waals surface area contributed by atoms with Crippen LogP contribution in [0.4, 0.5) is 5.69 Å². The van der Waals surface area contributed by atoms with Gasteiger partial charge in [0.15, 0.2) is 0 Å². The van der Waals surface area contributed by atoms with Crippen molar-refractivity contribution in [3.63, 3.8) is 0 Å². The maximum Gasteiger partial charge on any atom is 0.323 e. The zero-order chi connectivity index (χ0) is 25.3. The average Bonchev–Trinajstić information content (AvgIpc) is 3.49. The third-order valence-corrected chi connectivity index (χ3v) is 7.28. The summed E-state index contributed by atoms with van der Waals surface area (Å²) in [6.45, 7) is 1.85. The molecule has 2 aliphatic heterocycles. The summed E-state index contributed by atoms with van der Waals surface area (Å²) >= 11 is 0. The van der Waals surface area contributed by atoms with Crippen LogP contribution in [0.3, 0.4) is 0 Å². The SMILES string of the molecule is O=C(O)CN(CCCCC1CCCC1)C(=O)CCCCCOc1ccc2c(c1)N=C1NC(=O)CN1C2. The predicted octanol–water partition coefficient (Wildman–Crippen LogP) is 3.83. The summed E-state index contributed by atoms with van der Waals surface area (Å²) in [5.74, 6) is 1.09. The van der Waals surface area contributed by atoms with Gasteiger partial charge in [0.05, 0.1) is 12.3 Å². The van der Waals surface area contributed by atoms with Crippen LogP contribution in [0.5, 0.6) is 5.75 Å². The molecule has 0 aromatic heterocycles. The Labute approximate surface area is 212 Å². The van der Waals surface area contributed by atoms with Crippen molar-refractivity contribution in [1.82, 2.24) is 15.1 Å². The lowest BCUT2D eigenvalue weighted by Gasteiger charge is -2.23. The molecule has 1 aromatic rings. The van der Waals surface area contributed by atoms with Crippen LogP contribution in [0.15, 0.2) is 23.2 Å². The predicted molar refractivity (Wildman–Crippen MR) is 136 cm³/mol. The van der Waals surface area contributed by atoms with E-state index in [1.54, 1.807) is 0 Å². The molecule has 0 spiro atoms. The highest BCUT2D eigenvalue weighted by Gasteiger charge is 2.29. The van der Waals surface area contributed by atoms with Crippen LogP contribution >= 0.6 is 0 Å². The van der Waals surface area contributed by atoms with Crippen molar-refractivity contribution in [2.24, 2.45) is 10.9 Å². The van der Waals surface area contributed by atoms with E-state index in [-0.39, 0.29) is 18.4 Å². The molecule has 2 fully saturated rings. The van der Waals surface area contributed by atoms with Gasteiger partial charge in [0.25, 0.3) is 0 Å². The van der Waals surface area contributed by atoms with Gasteiger partial charge in [-0.25, -0.2) is 4.99 Å². The first-order valence-electron chi connectivity index (χ1n) is 13.4. The van der Waals surface area contributed by atoms with E-state index in [1.807, 2.05) is 23.1 Å². The van der Waals surface area contributed by atoms with Gasteiger partial charge in [-0.15, -0.1) is 0 Å². The van der Waals surface area contributed by atoms with E-state index in [0.717, 1.165) is 48.6 Å². The molecule has 2 amide bonds. The number of amides is 2. The second-order valence-corrected chi connectivity index (χ2v) is 10.1. The second kappa shape index (κ2) is 12.7. The van der Waals surface area contributed by atoms with Crippen LogP contribution in [0.25, 0.3) is 0 Å². The molecule has 0 unspecified atom stereocenters. The average molecular weight is 499 g/mol. The Bertz CT molecular complexity index is 973. The number of hydrogen-bond acceptors (Lipinski definition) is 6. The van der Waals surface area contributed by atoms with E-state index in [4.69, 9.17) is 4.74 Å². The first-order chi connectivity index (χ1) is 17.5. The van der Waals surface area contributed by atoms with Gasteiger partial charge in [-0.1, -0.05) is 44.6 Å². The molecule has 9 nitrogen and oxygen atoms in total. The second-order valence-electron chi connectivity index (χ2n) is 10.1. The van der Waals surface area contributed by atoms with E-state index < -0.39 is 5.97 Å². The van der Waals surface area contributed by atoms with E-state index in [1.165, 1.54) is 37.0 Å². The molecule has 0 atom stereocenters. The third-order valence-electron chi connectivity index (χ3n) is 7.28. The summed E-state index contributed by atoms with van der Waals surface area (Å²) in [4.78, 5) is 43.4. The molecular formula is C27H38N4O5. The topological polar surface area (TPSA) is 112 Å². The smallest absolute Gasteiger partial charge is 0.323 e. The molecule has 2 N–H and O–H groups in total. The first kappa shape index (κ1) is 26.0. The minimum Gasteiger partial charge on any atom is -0.494 e. The molecule has 196 valence electrons. The number of hydrogen-bond donors (Lipinski definition) is 2. The van der Waals surface area contributed by atoms with Crippen LogP contribution < -0.4 is 10.1 Å². The largest absolute Gasteiger partial charge is 0.494 e. The number of unbranched alkanes of at least 4 members (excludes halogenated alkanes) is 3. The number of carbonyl (C=O) groups is 3. The summed E-state index contributed by atoms with van der Waals surface area (Å²) in [5.41, 5.74) is 1.87. The van der Waals surface area contributed by atoms with Crippen LogP contribution in [-0.2, 0) is 20.9 Å². The molecule has 1 aromatic carbocycles. The van der Waals surface area contributed by atoms with Crippen LogP contribution in [0.2, 0.25) is 0 Å². The molecule has 1 saturated heterocycles. The number of nitrogens with one attached hydrogen (secondary N) is 1. The highest BCUT2D eigenvalue weighted by Crippen LogP contribution is 2.31. The molecular weight excluding hydrogens is 460 g/mol. The standard InChI is InChI=1S/C27H38N4O5/c32-24-18-31-17-21-12-13-22(16-23(21)28-27(31)29-24)36-15-7-1-2-11-25(33)30(19-26(34)35)14-6-5-10-20-8-3-4-9-20/h12-13,16,20H,1-11,14-15,17-19H2,(H,34,35)(H,28,29,32). The zero-order valence-electron chi connectivity index (χ0n) is 21.0. The first-order valence-corrected chi connectivity index (χ1v) is 13.4. The Balaban J connectivity index is 1.12. The molecule has 0 radical (unpaired) electrons. The van der Waals surface area contributed by atoms with Crippen LogP contribution in [0, 0.1) is 5.92 Å². The molecule has 4 rings (SSSR count). The number of aliphatic carboxylic acids is 1. The number of benzene rings is 1. The number of ether oxygens (including phenoxy) is 1. The van der Waals surface area contributed by atoms with Crippen molar-refractivity contribution in [3.8, 4) is 5.75 Å². The van der Waals surface area contributed by atoms with Gasteiger partial charge in [0, 0.05) is 25.6 Å². The van der Waals surface area contributed by atoms with Gasteiger partial charge in [-0.2, -0.15) is 0 Å². The molecule has 1 saturated carbocycles. The lowest BCUT2D eigenvalue weighted by molar-refractivity contribution is -0.144. The highest BCUT2D eigenvalue weighted by atomic mass is 16.5. The number of rotatable bonds is 14. The maximum absolute atomic E-state index is 12.6. The van der Waals surface area contributed by atoms with Crippen molar-refractivity contribution >= 4 is 29.4 Å². The summed E-state index contributed by atoms with van der Waals surface area (Å²) < 4.78 is 5.88. The molecule has 0 bridgehead atoms. The third kappa shape index (κ3) is 7.45. The number of aliphatic imine (C=N–C) groups is 1. The van der Waals surface area contributed by atoms with E-state index in [2.05, 4.69) is 10.3 Å². The van der Waals surface area contributed by atoms with Gasteiger partial charge in [-0.05, 0) is 43.2 Å². The zero-order valence-corrected chi connectivity index (χ0v) is 21.0. The molecule has 1 aliphatic carbocycles. The molecule has 2 heterocycles. The normalized spacial score (nSPS) is 16.8. The number of carboxylic acids is 1. The number of carbonyl (C=O) groups excluding carboxylic acids is 2. The summed E-state index contributed by atoms with van der Waals surface area (Å²) in [6, 6.07) is 5.80. The fourth-order valence-electron chi connectivity index (χ4n) is 5.31. The number of fused-ring (bicyclic) bond motifs is 2. The maximum atomic E-state index is 12.6. The highest BCUT2D eigenvalue weighted by molar-refractivity contribution is 6.05. The van der Waals surface area contributed by atoms with E-state index in [0.29, 0.717) is 45.0 Å². The van der Waals surface area contributed by atoms with E-state index >= 15 is 0 Å². The van der Waals surface area contributed by atoms with Gasteiger partial charge in [0.1, 0.15) is 18.8 Å². The summed E-state index contributed by atoms with van der Waals surface area (Å²) in [7, 11) is 0. The Morgan fingerprint density at radius 1 is 1.11 bits per heavy atom. The molecule has 9 heteroatoms. The minimum absolute atomic E-state index is 0.0399. The van der Waals surface area contributed by atoms with Gasteiger partial charge < -0.3 is 19.6 Å². The van der Waals surface area contributed by atoms with Crippen LogP contribution in [-0.4, -0.2) is 64.9 Å². The lowest BCUT2D eigenvalue weighted by Crippen LogP contribution is -2.36. The fourth-order valence-corrected chi connectivity index (χ4v) is 5.31. The van der Waals surface area contributed by atoms with Crippen molar-refractivity contribution in [1.29, 1.82) is 0 Å². The Hall–Kier alpha value is -3.10. The van der Waals surface area contributed by atoms with Gasteiger partial charge >= 0.3 is 5.97 Å². The van der Waals surface area contributed by atoms with Crippen molar-refractivity contribution < 1.29 is 24.2 Å². The van der Waals surface area contributed by atoms with Gasteiger partial charge in [-0.3, -0.25) is 19.7 Å². The molecule has 3 aliphatic rings. The van der Waals surface area contributed by atoms with Crippen LogP contribution in [0.1, 0.15) is 76.2 Å². The quantitative estimate of drug-likeness (QED) is 0.377. The van der Waals surface area contributed by atoms with Crippen molar-refractivity contribution in [3.05, 3.63) is 23.8 Å². The number of guanidine groups is 1. The Morgan fingerprint density at radius 3 is 2.75 bits per heavy atom. The minimum atomic E-state index is -0.953. The lowest BCUT2D eigenvalue weighted by atomic mass is 10.0. The van der Waals surface area contributed by atoms with Crippen molar-refractivity contribution in [2.75, 3.05) is 26.2 Å². The number of nitrogens with zero attached hydrogens (tertiary/aromatic N) is 3. The van der Waals surface area contributed by atoms with Gasteiger partial charge in [0.2, 0.25) is 17.8 Å². The Kier molecular flexibility index (Phi) is 9.19. The van der Waals surface area contributed by atoms with E-state index in [9.17, 15) is 19.5 Å². The molecule has 36 heavy (non-hydrogen) atoms. The Morgan fingerprint density at radius 2 is 1.94 bits per heavy atom. The summed E-state index contributed by atoms with van der Waals surface area (Å²) in [6.07, 6.45) is 11.2. The summed E-state index contributed by atoms with van der Waals surface area (Å²) in [5, 5.41) is 12.0. The monoisotopic (exact) mass is 498 g/mol.